The first-order chi connectivity index (χ1) is 33.4. The second-order valence-electron chi connectivity index (χ2n) is 22.9. The standard InChI is InChI=1S/C64H56O6/c1-63(2,3)39-19-35-15-31-23-45-49(27-53(31)65)59-43-13-9-7-11-41(43)57(45)47-25-33(55(67)29-51(47)59)17-37-21-40(64(4,5)6)22-38(62(37)70)18-34-26-48-52(30-56(34)68)60-44-14-10-8-12-42(44)58(48)46-24-32(54(66)28-50(46)60)16-36(20-39)61(35)69/h7-14,19-30,57-60,65-70H,15-18H2,1-6H3. The molecule has 0 unspecified atom stereocenters. The lowest BCUT2D eigenvalue weighted by Gasteiger charge is -2.43. The second kappa shape index (κ2) is 14.6. The molecular weight excluding hydrogens is 865 g/mol. The minimum Gasteiger partial charge on any atom is -0.508 e. The zero-order valence-corrected chi connectivity index (χ0v) is 40.4. The Morgan fingerprint density at radius 3 is 0.714 bits per heavy atom. The van der Waals surface area contributed by atoms with Crippen LogP contribution in [0.1, 0.15) is 188 Å². The van der Waals surface area contributed by atoms with Crippen molar-refractivity contribution in [3.8, 4) is 34.5 Å². The highest BCUT2D eigenvalue weighted by Crippen LogP contribution is 2.60. The number of phenols is 6. The SMILES string of the molecule is CC(C)(C)c1cc2c(O)c(c1)Cc1cc3c(cc1O)C1c4ccccc4C3c3cc(c(O)cc31)Cc1cc(C(C)(C)C)cc(c1O)Cc1cc3c(cc1O)C1c4ccccc4C3c3cc(c(O)cc31)C2. The van der Waals surface area contributed by atoms with Gasteiger partial charge in [-0.3, -0.25) is 0 Å². The third kappa shape index (κ3) is 6.17. The number of aromatic hydroxyl groups is 6. The van der Waals surface area contributed by atoms with Crippen LogP contribution in [0.4, 0.5) is 0 Å². The van der Waals surface area contributed by atoms with E-state index >= 15 is 0 Å². The summed E-state index contributed by atoms with van der Waals surface area (Å²) in [5.74, 6) is 0.0814. The third-order valence-electron chi connectivity index (χ3n) is 16.7. The fraction of sp³-hybridized carbons (Fsp3) is 0.250. The molecule has 7 aliphatic carbocycles. The Morgan fingerprint density at radius 1 is 0.286 bits per heavy atom. The fourth-order valence-electron chi connectivity index (χ4n) is 13.1. The molecule has 0 atom stereocenters. The first-order valence-electron chi connectivity index (χ1n) is 24.7. The highest BCUT2D eigenvalue weighted by Gasteiger charge is 2.44. The number of fused-ring (bicyclic) bond motifs is 8. The van der Waals surface area contributed by atoms with Gasteiger partial charge >= 0.3 is 0 Å². The summed E-state index contributed by atoms with van der Waals surface area (Å²) in [6, 6.07) is 41.3. The van der Waals surface area contributed by atoms with E-state index in [0.29, 0.717) is 44.5 Å². The minimum atomic E-state index is -0.271. The zero-order valence-electron chi connectivity index (χ0n) is 40.4. The van der Waals surface area contributed by atoms with Gasteiger partial charge in [-0.1, -0.05) is 139 Å². The van der Waals surface area contributed by atoms with Gasteiger partial charge in [0.25, 0.3) is 0 Å². The number of phenolic OH excluding ortho intramolecular Hbond substituents is 6. The average Bonchev–Trinajstić information content (AvgIpc) is 3.31. The number of hydrogen-bond acceptors (Lipinski definition) is 6. The topological polar surface area (TPSA) is 121 Å². The molecule has 0 saturated heterocycles. The van der Waals surface area contributed by atoms with E-state index in [1.165, 1.54) is 11.1 Å². The first-order valence-corrected chi connectivity index (χ1v) is 24.7. The van der Waals surface area contributed by atoms with Gasteiger partial charge in [-0.15, -0.1) is 0 Å². The summed E-state index contributed by atoms with van der Waals surface area (Å²) in [6.07, 6.45) is 1.12. The van der Waals surface area contributed by atoms with Crippen LogP contribution in [0.3, 0.4) is 0 Å². The molecule has 348 valence electrons. The molecule has 7 aliphatic rings. The van der Waals surface area contributed by atoms with Crippen LogP contribution in [0.5, 0.6) is 34.5 Å². The van der Waals surface area contributed by atoms with Crippen molar-refractivity contribution in [3.05, 3.63) is 244 Å². The Bertz CT molecular complexity index is 3210. The molecule has 0 aromatic heterocycles. The highest BCUT2D eigenvalue weighted by atomic mass is 16.3. The van der Waals surface area contributed by atoms with Crippen LogP contribution in [0, 0.1) is 0 Å². The van der Waals surface area contributed by atoms with Crippen LogP contribution in [0.15, 0.2) is 121 Å². The molecule has 0 fully saturated rings. The maximum Gasteiger partial charge on any atom is 0.122 e. The van der Waals surface area contributed by atoms with Gasteiger partial charge in [0.2, 0.25) is 0 Å². The third-order valence-corrected chi connectivity index (χ3v) is 16.7. The van der Waals surface area contributed by atoms with E-state index in [-0.39, 0.29) is 94.7 Å². The van der Waals surface area contributed by atoms with Gasteiger partial charge < -0.3 is 30.6 Å². The van der Waals surface area contributed by atoms with Gasteiger partial charge in [0, 0.05) is 49.4 Å². The molecule has 0 saturated carbocycles. The van der Waals surface area contributed by atoms with Crippen LogP contribution >= 0.6 is 0 Å². The summed E-state index contributed by atoms with van der Waals surface area (Å²) >= 11 is 0. The first kappa shape index (κ1) is 42.6. The maximum absolute atomic E-state index is 12.4. The smallest absolute Gasteiger partial charge is 0.122 e. The number of benzene rings is 8. The lowest BCUT2D eigenvalue weighted by Crippen LogP contribution is -2.28. The van der Waals surface area contributed by atoms with Crippen LogP contribution in [0.25, 0.3) is 0 Å². The molecule has 6 heteroatoms. The highest BCUT2D eigenvalue weighted by molar-refractivity contribution is 5.73. The molecule has 70 heavy (non-hydrogen) atoms. The molecule has 15 rings (SSSR count). The van der Waals surface area contributed by atoms with Crippen molar-refractivity contribution in [2.45, 2.75) is 102 Å². The van der Waals surface area contributed by atoms with Crippen LogP contribution in [-0.2, 0) is 36.5 Å². The summed E-state index contributed by atoms with van der Waals surface area (Å²) in [7, 11) is 0. The molecule has 0 spiro atoms. The summed E-state index contributed by atoms with van der Waals surface area (Å²) in [5, 5.41) is 72.9. The quantitative estimate of drug-likeness (QED) is 0.0901. The molecule has 8 aromatic rings. The van der Waals surface area contributed by atoms with Gasteiger partial charge in [0.15, 0.2) is 0 Å². The van der Waals surface area contributed by atoms with E-state index in [9.17, 15) is 30.6 Å². The summed E-state index contributed by atoms with van der Waals surface area (Å²) in [4.78, 5) is 0. The number of rotatable bonds is 0. The Labute approximate surface area is 408 Å². The lowest BCUT2D eigenvalue weighted by atomic mass is 9.60. The van der Waals surface area contributed by atoms with Gasteiger partial charge in [0.1, 0.15) is 34.5 Å². The average molecular weight is 921 g/mol. The Balaban J connectivity index is 1.06. The van der Waals surface area contributed by atoms with Crippen molar-refractivity contribution >= 4 is 0 Å². The molecule has 0 heterocycles. The van der Waals surface area contributed by atoms with Gasteiger partial charge in [-0.25, -0.2) is 0 Å². The Kier molecular flexibility index (Phi) is 8.87. The van der Waals surface area contributed by atoms with Gasteiger partial charge in [-0.2, -0.15) is 0 Å². The predicted molar refractivity (Wildman–Crippen MR) is 274 cm³/mol. The van der Waals surface area contributed by atoms with Gasteiger partial charge in [0.05, 0.1) is 0 Å². The molecule has 16 bridgehead atoms. The maximum atomic E-state index is 12.4. The molecule has 0 radical (unpaired) electrons. The molecular formula is C64H56O6. The normalized spacial score (nSPS) is 18.8. The summed E-state index contributed by atoms with van der Waals surface area (Å²) in [6.45, 7) is 13.0. The molecule has 8 aromatic carbocycles. The van der Waals surface area contributed by atoms with Crippen molar-refractivity contribution in [2.75, 3.05) is 0 Å². The molecule has 0 aliphatic heterocycles. The van der Waals surface area contributed by atoms with Crippen molar-refractivity contribution in [1.29, 1.82) is 0 Å². The van der Waals surface area contributed by atoms with E-state index in [1.807, 2.05) is 36.4 Å². The Morgan fingerprint density at radius 2 is 0.500 bits per heavy atom. The van der Waals surface area contributed by atoms with E-state index in [4.69, 9.17) is 0 Å². The van der Waals surface area contributed by atoms with Crippen molar-refractivity contribution in [3.63, 3.8) is 0 Å². The fourth-order valence-corrected chi connectivity index (χ4v) is 13.1. The van der Waals surface area contributed by atoms with E-state index in [2.05, 4.69) is 126 Å². The van der Waals surface area contributed by atoms with E-state index < -0.39 is 0 Å². The van der Waals surface area contributed by atoms with Crippen LogP contribution in [0.2, 0.25) is 0 Å². The zero-order chi connectivity index (χ0) is 48.4. The molecule has 6 nitrogen and oxygen atoms in total. The van der Waals surface area contributed by atoms with Crippen molar-refractivity contribution in [2.24, 2.45) is 0 Å². The molecule has 6 N–H and O–H groups in total. The van der Waals surface area contributed by atoms with Gasteiger partial charge in [-0.05, 0) is 157 Å². The lowest BCUT2D eigenvalue weighted by molar-refractivity contribution is 0.454. The number of hydrogen-bond donors (Lipinski definition) is 6. The Hall–Kier alpha value is -7.44. The van der Waals surface area contributed by atoms with Crippen LogP contribution < -0.4 is 0 Å². The summed E-state index contributed by atoms with van der Waals surface area (Å²) in [5.41, 5.74) is 20.2. The monoisotopic (exact) mass is 920 g/mol. The second-order valence-corrected chi connectivity index (χ2v) is 22.9. The largest absolute Gasteiger partial charge is 0.508 e. The van der Waals surface area contributed by atoms with Crippen molar-refractivity contribution < 1.29 is 30.6 Å². The minimum absolute atomic E-state index is 0.146. The van der Waals surface area contributed by atoms with E-state index in [0.717, 1.165) is 66.8 Å². The van der Waals surface area contributed by atoms with Crippen molar-refractivity contribution in [1.82, 2.24) is 0 Å². The predicted octanol–water partition coefficient (Wildman–Crippen LogP) is 13.2. The van der Waals surface area contributed by atoms with Crippen LogP contribution in [-0.4, -0.2) is 30.6 Å². The van der Waals surface area contributed by atoms with E-state index in [1.54, 1.807) is 0 Å². The molecule has 0 amide bonds. The summed E-state index contributed by atoms with van der Waals surface area (Å²) < 4.78 is 0.